The molecule has 0 aliphatic rings. The summed E-state index contributed by atoms with van der Waals surface area (Å²) in [7, 11) is 0. The topological polar surface area (TPSA) is 67.2 Å². The molecule has 1 heterocycles. The zero-order chi connectivity index (χ0) is 19.8. The Bertz CT molecular complexity index is 892. The lowest BCUT2D eigenvalue weighted by Gasteiger charge is -2.05. The molecule has 0 atom stereocenters. The molecule has 0 fully saturated rings. The van der Waals surface area contributed by atoms with Gasteiger partial charge in [-0.25, -0.2) is 4.68 Å². The van der Waals surface area contributed by atoms with Gasteiger partial charge in [0.15, 0.2) is 0 Å². The molecule has 0 spiro atoms. The highest BCUT2D eigenvalue weighted by molar-refractivity contribution is 7.99. The van der Waals surface area contributed by atoms with Crippen LogP contribution >= 0.6 is 11.8 Å². The molecule has 28 heavy (non-hydrogen) atoms. The van der Waals surface area contributed by atoms with Crippen LogP contribution in [0, 0.1) is 0 Å². The summed E-state index contributed by atoms with van der Waals surface area (Å²) in [5.41, 5.74) is 4.13. The number of carbonyl (C=O) groups is 1. The van der Waals surface area contributed by atoms with Crippen molar-refractivity contribution in [2.24, 2.45) is 0 Å². The maximum Gasteiger partial charge on any atom is 0.303 e. The summed E-state index contributed by atoms with van der Waals surface area (Å²) in [6.45, 7) is 3.45. The zero-order valence-corrected chi connectivity index (χ0v) is 16.8. The molecule has 3 aromatic rings. The van der Waals surface area contributed by atoms with E-state index in [9.17, 15) is 4.79 Å². The first-order valence-corrected chi connectivity index (χ1v) is 10.5. The van der Waals surface area contributed by atoms with Crippen molar-refractivity contribution >= 4 is 17.7 Å². The van der Waals surface area contributed by atoms with Crippen LogP contribution in [0.1, 0.15) is 25.3 Å². The maximum absolute atomic E-state index is 10.7. The minimum atomic E-state index is -0.760. The van der Waals surface area contributed by atoms with Crippen molar-refractivity contribution in [3.63, 3.8) is 0 Å². The normalized spacial score (nSPS) is 10.9. The van der Waals surface area contributed by atoms with Crippen molar-refractivity contribution < 1.29 is 9.90 Å². The Hall–Kier alpha value is -2.57. The molecule has 0 bridgehead atoms. The van der Waals surface area contributed by atoms with E-state index in [1.165, 1.54) is 4.90 Å². The number of hydrogen-bond donors (Lipinski definition) is 2. The van der Waals surface area contributed by atoms with Gasteiger partial charge in [0.1, 0.15) is 0 Å². The minimum Gasteiger partial charge on any atom is -0.481 e. The van der Waals surface area contributed by atoms with Crippen LogP contribution in [-0.4, -0.2) is 33.2 Å². The summed E-state index contributed by atoms with van der Waals surface area (Å²) in [5, 5.41) is 16.9. The van der Waals surface area contributed by atoms with Crippen LogP contribution in [0.25, 0.3) is 16.9 Å². The first-order valence-electron chi connectivity index (χ1n) is 9.47. The Balaban J connectivity index is 1.81. The van der Waals surface area contributed by atoms with Crippen molar-refractivity contribution in [1.29, 1.82) is 0 Å². The Morgan fingerprint density at radius 2 is 1.89 bits per heavy atom. The second-order valence-electron chi connectivity index (χ2n) is 6.41. The summed E-state index contributed by atoms with van der Waals surface area (Å²) >= 11 is 1.82. The van der Waals surface area contributed by atoms with Crippen LogP contribution in [0.4, 0.5) is 0 Å². The fourth-order valence-electron chi connectivity index (χ4n) is 2.96. The van der Waals surface area contributed by atoms with Crippen LogP contribution in [0.2, 0.25) is 0 Å². The molecular weight excluding hydrogens is 370 g/mol. The van der Waals surface area contributed by atoms with Crippen molar-refractivity contribution in [3.8, 4) is 16.9 Å². The van der Waals surface area contributed by atoms with Gasteiger partial charge in [-0.2, -0.15) is 5.10 Å². The maximum atomic E-state index is 10.7. The fourth-order valence-corrected chi connectivity index (χ4v) is 3.62. The van der Waals surface area contributed by atoms with E-state index in [4.69, 9.17) is 10.2 Å². The third-order valence-electron chi connectivity index (χ3n) is 4.31. The van der Waals surface area contributed by atoms with E-state index < -0.39 is 5.97 Å². The first-order chi connectivity index (χ1) is 13.7. The number of rotatable bonds is 10. The molecule has 0 radical (unpaired) electrons. The predicted molar refractivity (Wildman–Crippen MR) is 114 cm³/mol. The molecule has 6 heteroatoms. The van der Waals surface area contributed by atoms with Gasteiger partial charge in [0.25, 0.3) is 0 Å². The molecule has 0 saturated heterocycles. The van der Waals surface area contributed by atoms with Gasteiger partial charge in [-0.15, -0.1) is 11.8 Å². The number of thioether (sulfide) groups is 1. The Labute approximate surface area is 169 Å². The summed E-state index contributed by atoms with van der Waals surface area (Å²) in [4.78, 5) is 11.9. The summed E-state index contributed by atoms with van der Waals surface area (Å²) in [6, 6.07) is 18.5. The Morgan fingerprint density at radius 3 is 2.57 bits per heavy atom. The number of benzene rings is 2. The Kier molecular flexibility index (Phi) is 7.28. The Morgan fingerprint density at radius 1 is 1.14 bits per heavy atom. The highest BCUT2D eigenvalue weighted by atomic mass is 32.2. The summed E-state index contributed by atoms with van der Waals surface area (Å²) in [5.74, 6) is 0.289. The SMILES string of the molecule is CCSc1ccc(-c2nn(-c3ccccc3)cc2CNCCCC(=O)O)cc1. The fraction of sp³-hybridized carbons (Fsp3) is 0.273. The quantitative estimate of drug-likeness (QED) is 0.388. The summed E-state index contributed by atoms with van der Waals surface area (Å²) < 4.78 is 1.90. The van der Waals surface area contributed by atoms with Crippen LogP contribution in [-0.2, 0) is 11.3 Å². The van der Waals surface area contributed by atoms with E-state index in [0.717, 1.165) is 28.3 Å². The van der Waals surface area contributed by atoms with Gasteiger partial charge < -0.3 is 10.4 Å². The van der Waals surface area contributed by atoms with E-state index in [2.05, 4.69) is 36.5 Å². The van der Waals surface area contributed by atoms with Gasteiger partial charge >= 0.3 is 5.97 Å². The lowest BCUT2D eigenvalue weighted by molar-refractivity contribution is -0.137. The van der Waals surface area contributed by atoms with E-state index in [1.54, 1.807) is 0 Å². The number of para-hydroxylation sites is 1. The van der Waals surface area contributed by atoms with Gasteiger partial charge in [0.2, 0.25) is 0 Å². The minimum absolute atomic E-state index is 0.180. The predicted octanol–water partition coefficient (Wildman–Crippen LogP) is 4.61. The summed E-state index contributed by atoms with van der Waals surface area (Å²) in [6.07, 6.45) is 2.84. The molecule has 0 unspecified atom stereocenters. The molecule has 1 aromatic heterocycles. The molecular formula is C22H25N3O2S. The highest BCUT2D eigenvalue weighted by Crippen LogP contribution is 2.26. The monoisotopic (exact) mass is 395 g/mol. The molecule has 146 valence electrons. The molecule has 5 nitrogen and oxygen atoms in total. The third kappa shape index (κ3) is 5.47. The molecule has 2 N–H and O–H groups in total. The number of nitrogens with zero attached hydrogens (tertiary/aromatic N) is 2. The van der Waals surface area contributed by atoms with E-state index in [0.29, 0.717) is 19.5 Å². The smallest absolute Gasteiger partial charge is 0.303 e. The molecule has 0 saturated carbocycles. The average molecular weight is 396 g/mol. The van der Waals surface area contributed by atoms with E-state index >= 15 is 0 Å². The lowest BCUT2D eigenvalue weighted by Crippen LogP contribution is -2.15. The lowest BCUT2D eigenvalue weighted by atomic mass is 10.1. The van der Waals surface area contributed by atoms with Crippen LogP contribution in [0.3, 0.4) is 0 Å². The van der Waals surface area contributed by atoms with Crippen LogP contribution in [0.15, 0.2) is 65.7 Å². The molecule has 3 rings (SSSR count). The van der Waals surface area contributed by atoms with E-state index in [-0.39, 0.29) is 6.42 Å². The van der Waals surface area contributed by atoms with Gasteiger partial charge in [0, 0.05) is 35.2 Å². The van der Waals surface area contributed by atoms with Gasteiger partial charge in [-0.05, 0) is 43.0 Å². The van der Waals surface area contributed by atoms with Crippen molar-refractivity contribution in [2.75, 3.05) is 12.3 Å². The van der Waals surface area contributed by atoms with Crippen LogP contribution in [0.5, 0.6) is 0 Å². The number of aromatic nitrogens is 2. The van der Waals surface area contributed by atoms with E-state index in [1.807, 2.05) is 53.0 Å². The van der Waals surface area contributed by atoms with Crippen molar-refractivity contribution in [3.05, 3.63) is 66.4 Å². The van der Waals surface area contributed by atoms with Gasteiger partial charge in [-0.3, -0.25) is 4.79 Å². The van der Waals surface area contributed by atoms with Gasteiger partial charge in [-0.1, -0.05) is 37.3 Å². The average Bonchev–Trinajstić information content (AvgIpc) is 3.13. The molecule has 2 aromatic carbocycles. The number of carboxylic acids is 1. The second kappa shape index (κ2) is 10.1. The number of hydrogen-bond acceptors (Lipinski definition) is 4. The standard InChI is InChI=1S/C22H25N3O2S/c1-2-28-20-12-10-17(11-13-20)22-18(15-23-14-6-9-21(26)27)16-25(24-22)19-7-4-3-5-8-19/h3-5,7-8,10-13,16,23H,2,6,9,14-15H2,1H3,(H,26,27). The zero-order valence-electron chi connectivity index (χ0n) is 16.0. The molecule has 0 amide bonds. The van der Waals surface area contributed by atoms with Crippen molar-refractivity contribution in [1.82, 2.24) is 15.1 Å². The molecule has 0 aliphatic carbocycles. The van der Waals surface area contributed by atoms with Gasteiger partial charge in [0.05, 0.1) is 11.4 Å². The number of aliphatic carboxylic acids is 1. The number of nitrogens with one attached hydrogen (secondary N) is 1. The van der Waals surface area contributed by atoms with Crippen molar-refractivity contribution in [2.45, 2.75) is 31.2 Å². The second-order valence-corrected chi connectivity index (χ2v) is 7.75. The van der Waals surface area contributed by atoms with Crippen LogP contribution < -0.4 is 5.32 Å². The highest BCUT2D eigenvalue weighted by Gasteiger charge is 2.12. The first kappa shape index (κ1) is 20.2. The molecule has 0 aliphatic heterocycles. The number of carboxylic acid groups (broad SMARTS) is 1. The third-order valence-corrected chi connectivity index (χ3v) is 5.20. The largest absolute Gasteiger partial charge is 0.481 e.